The van der Waals surface area contributed by atoms with Crippen LogP contribution in [0.3, 0.4) is 0 Å². The number of hydrogen-bond donors (Lipinski definition) is 1. The van der Waals surface area contributed by atoms with Crippen LogP contribution in [0, 0.1) is 0 Å². The summed E-state index contributed by atoms with van der Waals surface area (Å²) in [6, 6.07) is 3.97. The summed E-state index contributed by atoms with van der Waals surface area (Å²) in [4.78, 5) is 4.35. The fourth-order valence-electron chi connectivity index (χ4n) is 1.98. The van der Waals surface area contributed by atoms with Crippen molar-refractivity contribution < 1.29 is 9.47 Å². The van der Waals surface area contributed by atoms with Crippen molar-refractivity contribution in [2.24, 2.45) is 0 Å². The van der Waals surface area contributed by atoms with Crippen LogP contribution in [0.25, 0.3) is 0 Å². The van der Waals surface area contributed by atoms with Gasteiger partial charge < -0.3 is 14.8 Å². The second kappa shape index (κ2) is 7.34. The summed E-state index contributed by atoms with van der Waals surface area (Å²) in [5.74, 6) is 0.824. The highest BCUT2D eigenvalue weighted by Crippen LogP contribution is 2.15. The maximum Gasteiger partial charge on any atom is 0.137 e. The summed E-state index contributed by atoms with van der Waals surface area (Å²) in [6.07, 6.45) is 5.56. The molecule has 1 aliphatic heterocycles. The molecule has 4 heteroatoms. The zero-order valence-electron chi connectivity index (χ0n) is 11.0. The molecule has 1 aromatic heterocycles. The largest absolute Gasteiger partial charge is 0.489 e. The molecule has 100 valence electrons. The Morgan fingerprint density at radius 1 is 1.44 bits per heavy atom. The zero-order chi connectivity index (χ0) is 12.6. The quantitative estimate of drug-likeness (QED) is 0.840. The highest BCUT2D eigenvalue weighted by atomic mass is 16.5. The van der Waals surface area contributed by atoms with Crippen molar-refractivity contribution in [3.8, 4) is 5.75 Å². The van der Waals surface area contributed by atoms with Gasteiger partial charge in [0.15, 0.2) is 0 Å². The van der Waals surface area contributed by atoms with Gasteiger partial charge in [0.25, 0.3) is 0 Å². The lowest BCUT2D eigenvalue weighted by atomic mass is 10.1. The summed E-state index contributed by atoms with van der Waals surface area (Å²) in [7, 11) is 0. The van der Waals surface area contributed by atoms with E-state index < -0.39 is 0 Å². The minimum atomic E-state index is 0.250. The van der Waals surface area contributed by atoms with Gasteiger partial charge in [-0.1, -0.05) is 6.92 Å². The standard InChI is InChI=1S/C14H22N2O2/c1-2-15-9-12-6-7-13(10-16-12)18-11-14-5-3-4-8-17-14/h6-7,10,14-15H,2-5,8-9,11H2,1H3. The van der Waals surface area contributed by atoms with Gasteiger partial charge in [-0.3, -0.25) is 4.98 Å². The predicted octanol–water partition coefficient (Wildman–Crippen LogP) is 2.14. The number of pyridine rings is 1. The lowest BCUT2D eigenvalue weighted by Gasteiger charge is -2.22. The molecule has 0 aromatic carbocycles. The lowest BCUT2D eigenvalue weighted by molar-refractivity contribution is -0.0111. The van der Waals surface area contributed by atoms with E-state index in [0.717, 1.165) is 37.6 Å². The Morgan fingerprint density at radius 3 is 3.06 bits per heavy atom. The van der Waals surface area contributed by atoms with Crippen molar-refractivity contribution in [3.63, 3.8) is 0 Å². The average Bonchev–Trinajstić information content (AvgIpc) is 2.45. The summed E-state index contributed by atoms with van der Waals surface area (Å²) in [6.45, 7) is 5.35. The zero-order valence-corrected chi connectivity index (χ0v) is 11.0. The smallest absolute Gasteiger partial charge is 0.137 e. The Bertz CT molecular complexity index is 334. The predicted molar refractivity (Wildman–Crippen MR) is 70.7 cm³/mol. The van der Waals surface area contributed by atoms with E-state index in [1.807, 2.05) is 12.1 Å². The van der Waals surface area contributed by atoms with Gasteiger partial charge in [0.2, 0.25) is 0 Å². The molecule has 0 amide bonds. The third-order valence-electron chi connectivity index (χ3n) is 3.06. The fourth-order valence-corrected chi connectivity index (χ4v) is 1.98. The first kappa shape index (κ1) is 13.3. The molecule has 0 spiro atoms. The third-order valence-corrected chi connectivity index (χ3v) is 3.06. The van der Waals surface area contributed by atoms with E-state index in [4.69, 9.17) is 9.47 Å². The van der Waals surface area contributed by atoms with E-state index in [1.54, 1.807) is 6.20 Å². The Hall–Kier alpha value is -1.13. The van der Waals surface area contributed by atoms with E-state index in [1.165, 1.54) is 12.8 Å². The van der Waals surface area contributed by atoms with Gasteiger partial charge in [0, 0.05) is 13.2 Å². The van der Waals surface area contributed by atoms with Crippen LogP contribution in [0.4, 0.5) is 0 Å². The normalized spacial score (nSPS) is 19.7. The minimum Gasteiger partial charge on any atom is -0.489 e. The molecular formula is C14H22N2O2. The van der Waals surface area contributed by atoms with Crippen molar-refractivity contribution in [1.29, 1.82) is 0 Å². The molecule has 1 aliphatic rings. The molecule has 1 N–H and O–H groups in total. The van der Waals surface area contributed by atoms with Crippen molar-refractivity contribution in [2.45, 2.75) is 38.8 Å². The molecule has 4 nitrogen and oxygen atoms in total. The van der Waals surface area contributed by atoms with Gasteiger partial charge >= 0.3 is 0 Å². The van der Waals surface area contributed by atoms with Crippen molar-refractivity contribution in [1.82, 2.24) is 10.3 Å². The second-order valence-electron chi connectivity index (χ2n) is 4.57. The SMILES string of the molecule is CCNCc1ccc(OCC2CCCCO2)cn1. The molecule has 1 unspecified atom stereocenters. The van der Waals surface area contributed by atoms with E-state index >= 15 is 0 Å². The number of hydrogen-bond acceptors (Lipinski definition) is 4. The summed E-state index contributed by atoms with van der Waals surface area (Å²) >= 11 is 0. The average molecular weight is 250 g/mol. The third kappa shape index (κ3) is 4.27. The van der Waals surface area contributed by atoms with E-state index in [2.05, 4.69) is 17.2 Å². The van der Waals surface area contributed by atoms with E-state index in [9.17, 15) is 0 Å². The first-order valence-corrected chi connectivity index (χ1v) is 6.78. The Kier molecular flexibility index (Phi) is 5.42. The minimum absolute atomic E-state index is 0.250. The number of nitrogens with one attached hydrogen (secondary N) is 1. The highest BCUT2D eigenvalue weighted by Gasteiger charge is 2.14. The molecule has 1 saturated heterocycles. The van der Waals surface area contributed by atoms with Crippen LogP contribution >= 0.6 is 0 Å². The maximum absolute atomic E-state index is 5.70. The summed E-state index contributed by atoms with van der Waals surface area (Å²) in [5, 5.41) is 3.24. The number of ether oxygens (including phenoxy) is 2. The summed E-state index contributed by atoms with van der Waals surface area (Å²) in [5.41, 5.74) is 1.04. The maximum atomic E-state index is 5.70. The Balaban J connectivity index is 1.75. The molecule has 2 rings (SSSR count). The molecule has 2 heterocycles. The molecule has 1 fully saturated rings. The van der Waals surface area contributed by atoms with Crippen LogP contribution in [0.5, 0.6) is 5.75 Å². The second-order valence-corrected chi connectivity index (χ2v) is 4.57. The van der Waals surface area contributed by atoms with Gasteiger partial charge in [-0.25, -0.2) is 0 Å². The molecule has 0 radical (unpaired) electrons. The first-order valence-electron chi connectivity index (χ1n) is 6.78. The van der Waals surface area contributed by atoms with Crippen LogP contribution in [0.2, 0.25) is 0 Å². The number of aromatic nitrogens is 1. The Morgan fingerprint density at radius 2 is 2.39 bits per heavy atom. The molecule has 0 saturated carbocycles. The van der Waals surface area contributed by atoms with Crippen LogP contribution in [-0.2, 0) is 11.3 Å². The van der Waals surface area contributed by atoms with Gasteiger partial charge in [-0.2, -0.15) is 0 Å². The molecule has 0 aliphatic carbocycles. The number of nitrogens with zero attached hydrogens (tertiary/aromatic N) is 1. The van der Waals surface area contributed by atoms with Crippen LogP contribution < -0.4 is 10.1 Å². The fraction of sp³-hybridized carbons (Fsp3) is 0.643. The topological polar surface area (TPSA) is 43.4 Å². The lowest BCUT2D eigenvalue weighted by Crippen LogP contribution is -2.25. The van der Waals surface area contributed by atoms with E-state index in [0.29, 0.717) is 6.61 Å². The number of rotatable bonds is 6. The van der Waals surface area contributed by atoms with Crippen molar-refractivity contribution >= 4 is 0 Å². The van der Waals surface area contributed by atoms with Crippen LogP contribution in [-0.4, -0.2) is 30.8 Å². The van der Waals surface area contributed by atoms with Crippen molar-refractivity contribution in [3.05, 3.63) is 24.0 Å². The molecule has 1 aromatic rings. The molecule has 1 atom stereocenters. The van der Waals surface area contributed by atoms with E-state index in [-0.39, 0.29) is 6.10 Å². The van der Waals surface area contributed by atoms with Gasteiger partial charge in [0.05, 0.1) is 18.0 Å². The first-order chi connectivity index (χ1) is 8.88. The monoisotopic (exact) mass is 250 g/mol. The molecular weight excluding hydrogens is 228 g/mol. The Labute approximate surface area is 109 Å². The van der Waals surface area contributed by atoms with Crippen LogP contribution in [0.1, 0.15) is 31.9 Å². The van der Waals surface area contributed by atoms with Gasteiger partial charge in [-0.15, -0.1) is 0 Å². The van der Waals surface area contributed by atoms with Gasteiger partial charge in [-0.05, 0) is 37.9 Å². The highest BCUT2D eigenvalue weighted by molar-refractivity contribution is 5.19. The molecule has 0 bridgehead atoms. The van der Waals surface area contributed by atoms with Crippen molar-refractivity contribution in [2.75, 3.05) is 19.8 Å². The van der Waals surface area contributed by atoms with Gasteiger partial charge in [0.1, 0.15) is 12.4 Å². The van der Waals surface area contributed by atoms with Crippen LogP contribution in [0.15, 0.2) is 18.3 Å². The molecule has 18 heavy (non-hydrogen) atoms. The summed E-state index contributed by atoms with van der Waals surface area (Å²) < 4.78 is 11.3.